The molecule has 0 aliphatic heterocycles. The molecule has 0 fully saturated rings. The van der Waals surface area contributed by atoms with Crippen LogP contribution < -0.4 is 16.0 Å². The second kappa shape index (κ2) is 7.27. The van der Waals surface area contributed by atoms with Crippen molar-refractivity contribution in [2.75, 3.05) is 11.0 Å². The standard InChI is InChI=1S/C16H12ClN3O8S2/c1-29(25,26)19-13-7-9(3-5-11(13)15(22)23)30(27,28)20-14(21)10-4-2-8(17)6-12(10)18-16(20)24/h2-7,19H,1H3,(H,18,24)(H,22,23). The van der Waals surface area contributed by atoms with Crippen LogP contribution in [0.5, 0.6) is 0 Å². The third-order valence-electron chi connectivity index (χ3n) is 3.88. The van der Waals surface area contributed by atoms with E-state index in [-0.39, 0.29) is 19.9 Å². The Bertz CT molecular complexity index is 1540. The minimum absolute atomic E-state index is 0.0182. The summed E-state index contributed by atoms with van der Waals surface area (Å²) in [5.74, 6) is -1.53. The van der Waals surface area contributed by atoms with Crippen molar-refractivity contribution < 1.29 is 26.7 Å². The van der Waals surface area contributed by atoms with E-state index >= 15 is 0 Å². The van der Waals surface area contributed by atoms with Crippen molar-refractivity contribution in [3.8, 4) is 0 Å². The smallest absolute Gasteiger partial charge is 0.343 e. The van der Waals surface area contributed by atoms with Gasteiger partial charge in [-0.25, -0.2) is 26.4 Å². The third kappa shape index (κ3) is 3.94. The van der Waals surface area contributed by atoms with Gasteiger partial charge in [0, 0.05) is 5.02 Å². The summed E-state index contributed by atoms with van der Waals surface area (Å²) in [4.78, 5) is 37.9. The number of carboxylic acid groups (broad SMARTS) is 1. The number of aromatic amines is 1. The maximum Gasteiger partial charge on any atom is 0.343 e. The molecule has 30 heavy (non-hydrogen) atoms. The van der Waals surface area contributed by atoms with Crippen molar-refractivity contribution in [3.63, 3.8) is 0 Å². The van der Waals surface area contributed by atoms with Gasteiger partial charge in [-0.3, -0.25) is 9.52 Å². The number of nitrogens with zero attached hydrogens (tertiary/aromatic N) is 1. The Kier molecular flexibility index (Phi) is 5.22. The molecule has 14 heteroatoms. The summed E-state index contributed by atoms with van der Waals surface area (Å²) in [6, 6.07) is 6.21. The Balaban J connectivity index is 2.30. The van der Waals surface area contributed by atoms with Crippen molar-refractivity contribution in [2.45, 2.75) is 4.90 Å². The van der Waals surface area contributed by atoms with Gasteiger partial charge in [0.15, 0.2) is 0 Å². The topological polar surface area (TPSA) is 172 Å². The molecule has 2 aromatic carbocycles. The predicted octanol–water partition coefficient (Wildman–Crippen LogP) is 0.650. The van der Waals surface area contributed by atoms with E-state index in [1.807, 2.05) is 4.72 Å². The maximum atomic E-state index is 13.0. The number of aromatic carboxylic acids is 1. The molecular weight excluding hydrogens is 462 g/mol. The van der Waals surface area contributed by atoms with Crippen molar-refractivity contribution in [1.29, 1.82) is 0 Å². The Hall–Kier alpha value is -3.16. The Morgan fingerprint density at radius 2 is 1.77 bits per heavy atom. The molecule has 0 saturated heterocycles. The van der Waals surface area contributed by atoms with E-state index in [4.69, 9.17) is 11.6 Å². The van der Waals surface area contributed by atoms with Gasteiger partial charge in [-0.2, -0.15) is 0 Å². The van der Waals surface area contributed by atoms with E-state index in [1.54, 1.807) is 0 Å². The highest BCUT2D eigenvalue weighted by Crippen LogP contribution is 2.23. The number of hydrogen-bond donors (Lipinski definition) is 3. The number of carboxylic acids is 1. The van der Waals surface area contributed by atoms with Crippen molar-refractivity contribution in [3.05, 3.63) is 67.8 Å². The van der Waals surface area contributed by atoms with Crippen molar-refractivity contribution in [1.82, 2.24) is 8.96 Å². The number of benzene rings is 2. The summed E-state index contributed by atoms with van der Waals surface area (Å²) < 4.78 is 50.8. The second-order valence-electron chi connectivity index (χ2n) is 6.08. The molecule has 0 saturated carbocycles. The van der Waals surface area contributed by atoms with E-state index in [2.05, 4.69) is 4.98 Å². The number of fused-ring (bicyclic) bond motifs is 1. The molecule has 3 rings (SSSR count). The average Bonchev–Trinajstić information content (AvgIpc) is 2.59. The number of rotatable bonds is 5. The third-order valence-corrected chi connectivity index (χ3v) is 6.37. The molecule has 1 aromatic heterocycles. The predicted molar refractivity (Wildman–Crippen MR) is 108 cm³/mol. The average molecular weight is 474 g/mol. The fraction of sp³-hybridized carbons (Fsp3) is 0.0625. The summed E-state index contributed by atoms with van der Waals surface area (Å²) in [6.45, 7) is 0. The minimum atomic E-state index is -4.82. The van der Waals surface area contributed by atoms with E-state index in [0.717, 1.165) is 18.4 Å². The normalized spacial score (nSPS) is 12.1. The molecule has 158 valence electrons. The SMILES string of the molecule is CS(=O)(=O)Nc1cc(S(=O)(=O)n2c(=O)[nH]c3cc(Cl)ccc3c2=O)ccc1C(=O)O. The number of aromatic nitrogens is 2. The summed E-state index contributed by atoms with van der Waals surface area (Å²) in [7, 11) is -8.79. The van der Waals surface area contributed by atoms with Crippen LogP contribution in [-0.2, 0) is 20.0 Å². The molecule has 3 aromatic rings. The first kappa shape index (κ1) is 21.5. The first-order valence-electron chi connectivity index (χ1n) is 7.86. The monoisotopic (exact) mass is 473 g/mol. The van der Waals surface area contributed by atoms with Crippen LogP contribution in [0.2, 0.25) is 5.02 Å². The van der Waals surface area contributed by atoms with E-state index in [0.29, 0.717) is 6.07 Å². The van der Waals surface area contributed by atoms with Crippen LogP contribution in [0.1, 0.15) is 10.4 Å². The van der Waals surface area contributed by atoms with Gasteiger partial charge in [-0.15, -0.1) is 3.97 Å². The molecule has 0 aliphatic carbocycles. The lowest BCUT2D eigenvalue weighted by molar-refractivity contribution is 0.0698. The molecule has 0 aliphatic rings. The number of carbonyl (C=O) groups is 1. The summed E-state index contributed by atoms with van der Waals surface area (Å²) in [5.41, 5.74) is -3.51. The molecule has 0 amide bonds. The van der Waals surface area contributed by atoms with Gasteiger partial charge in [-0.05, 0) is 36.4 Å². The van der Waals surface area contributed by atoms with Gasteiger partial charge >= 0.3 is 11.7 Å². The number of hydrogen-bond acceptors (Lipinski definition) is 7. The van der Waals surface area contributed by atoms with E-state index in [1.165, 1.54) is 18.2 Å². The van der Waals surface area contributed by atoms with Crippen molar-refractivity contribution in [2.24, 2.45) is 0 Å². The zero-order valence-electron chi connectivity index (χ0n) is 14.9. The Morgan fingerprint density at radius 3 is 2.37 bits per heavy atom. The van der Waals surface area contributed by atoms with Crippen LogP contribution in [0.4, 0.5) is 5.69 Å². The van der Waals surface area contributed by atoms with Crippen LogP contribution in [0.3, 0.4) is 0 Å². The van der Waals surface area contributed by atoms with Gasteiger partial charge in [0.1, 0.15) is 0 Å². The fourth-order valence-corrected chi connectivity index (χ4v) is 4.69. The lowest BCUT2D eigenvalue weighted by Gasteiger charge is -2.12. The highest BCUT2D eigenvalue weighted by Gasteiger charge is 2.25. The van der Waals surface area contributed by atoms with Crippen molar-refractivity contribution >= 4 is 54.2 Å². The summed E-state index contributed by atoms with van der Waals surface area (Å²) in [5, 5.41) is 9.26. The molecule has 0 bridgehead atoms. The lowest BCUT2D eigenvalue weighted by Crippen LogP contribution is -2.40. The molecule has 0 radical (unpaired) electrons. The fourth-order valence-electron chi connectivity index (χ4n) is 2.65. The first-order chi connectivity index (χ1) is 13.8. The highest BCUT2D eigenvalue weighted by atomic mass is 35.5. The molecule has 3 N–H and O–H groups in total. The maximum absolute atomic E-state index is 13.0. The highest BCUT2D eigenvalue weighted by molar-refractivity contribution is 7.92. The van der Waals surface area contributed by atoms with Crippen LogP contribution in [0.15, 0.2) is 50.9 Å². The number of nitrogens with one attached hydrogen (secondary N) is 2. The largest absolute Gasteiger partial charge is 0.478 e. The molecule has 1 heterocycles. The zero-order chi connectivity index (χ0) is 22.4. The molecule has 0 unspecified atom stereocenters. The lowest BCUT2D eigenvalue weighted by atomic mass is 10.2. The van der Waals surface area contributed by atoms with Gasteiger partial charge in [0.05, 0.1) is 33.3 Å². The van der Waals surface area contributed by atoms with Crippen LogP contribution in [0.25, 0.3) is 10.9 Å². The molecule has 11 nitrogen and oxygen atoms in total. The quantitative estimate of drug-likeness (QED) is 0.484. The molecule has 0 spiro atoms. The van der Waals surface area contributed by atoms with E-state index in [9.17, 15) is 36.3 Å². The minimum Gasteiger partial charge on any atom is -0.478 e. The van der Waals surface area contributed by atoms with Crippen LogP contribution in [0, 0.1) is 0 Å². The Morgan fingerprint density at radius 1 is 1.10 bits per heavy atom. The van der Waals surface area contributed by atoms with Gasteiger partial charge in [0.25, 0.3) is 15.6 Å². The van der Waals surface area contributed by atoms with Crippen LogP contribution >= 0.6 is 11.6 Å². The van der Waals surface area contributed by atoms with Gasteiger partial charge in [-0.1, -0.05) is 11.6 Å². The first-order valence-corrected chi connectivity index (χ1v) is 11.6. The van der Waals surface area contributed by atoms with Crippen LogP contribution in [-0.4, -0.2) is 43.1 Å². The number of sulfonamides is 1. The van der Waals surface area contributed by atoms with Gasteiger partial charge < -0.3 is 10.1 Å². The van der Waals surface area contributed by atoms with Gasteiger partial charge in [0.2, 0.25) is 10.0 Å². The molecular formula is C16H12ClN3O8S2. The second-order valence-corrected chi connectivity index (χ2v) is 10.1. The summed E-state index contributed by atoms with van der Waals surface area (Å²) in [6.07, 6.45) is 0.740. The number of H-pyrrole nitrogens is 1. The molecule has 0 atom stereocenters. The number of anilines is 1. The summed E-state index contributed by atoms with van der Waals surface area (Å²) >= 11 is 5.81. The number of halogens is 1. The zero-order valence-corrected chi connectivity index (χ0v) is 17.3. The van der Waals surface area contributed by atoms with E-state index < -0.39 is 53.4 Å². The Labute approximate surface area is 173 Å².